The molecule has 33 heavy (non-hydrogen) atoms. The van der Waals surface area contributed by atoms with Gasteiger partial charge in [0.05, 0.1) is 23.0 Å². The number of aromatic nitrogens is 1. The smallest absolute Gasteiger partial charge is 0.250 e. The molecule has 5 rings (SSSR count). The quantitative estimate of drug-likeness (QED) is 0.394. The number of nitrogens with zero attached hydrogens (tertiary/aromatic N) is 2. The first-order valence-corrected chi connectivity index (χ1v) is 12.4. The van der Waals surface area contributed by atoms with Gasteiger partial charge in [0.1, 0.15) is 23.3 Å². The highest BCUT2D eigenvalue weighted by atomic mass is 32.1. The third-order valence-electron chi connectivity index (χ3n) is 6.52. The maximum absolute atomic E-state index is 13.5. The van der Waals surface area contributed by atoms with Gasteiger partial charge in [0.15, 0.2) is 0 Å². The van der Waals surface area contributed by atoms with Gasteiger partial charge < -0.3 is 20.7 Å². The topological polar surface area (TPSA) is 120 Å². The van der Waals surface area contributed by atoms with Crippen LogP contribution in [0.25, 0.3) is 10.2 Å². The fourth-order valence-corrected chi connectivity index (χ4v) is 5.88. The number of nitrogens with one attached hydrogen (secondary N) is 5. The van der Waals surface area contributed by atoms with Crippen LogP contribution in [0, 0.1) is 0 Å². The Morgan fingerprint density at radius 3 is 3.00 bits per heavy atom. The monoisotopic (exact) mass is 473 g/mol. The lowest BCUT2D eigenvalue weighted by Crippen LogP contribution is -2.72. The van der Waals surface area contributed by atoms with Crippen LogP contribution in [0.4, 0.5) is 0 Å². The molecule has 5 atom stereocenters. The number of para-hydroxylation sites is 1. The Morgan fingerprint density at radius 1 is 1.33 bits per heavy atom. The highest BCUT2D eigenvalue weighted by Gasteiger charge is 2.43. The minimum atomic E-state index is -0.557. The summed E-state index contributed by atoms with van der Waals surface area (Å²) in [5.74, 6) is -0.671. The van der Waals surface area contributed by atoms with E-state index in [0.717, 1.165) is 41.2 Å². The minimum Gasteiger partial charge on any atom is -0.366 e. The Morgan fingerprint density at radius 2 is 2.21 bits per heavy atom. The SMILES string of the molecule is CNC(=O)C1CN(C2NC(=O)C(c3nc4ccccc4s3)C(N[C@@H]3CCCNC3)N2)CCO1. The van der Waals surface area contributed by atoms with Gasteiger partial charge in [-0.25, -0.2) is 4.98 Å². The summed E-state index contributed by atoms with van der Waals surface area (Å²) in [4.78, 5) is 32.4. The van der Waals surface area contributed by atoms with Gasteiger partial charge in [0.2, 0.25) is 11.8 Å². The molecule has 2 aromatic rings. The van der Waals surface area contributed by atoms with Crippen molar-refractivity contribution in [1.82, 2.24) is 36.5 Å². The number of hydrogen-bond donors (Lipinski definition) is 5. The molecule has 4 unspecified atom stereocenters. The number of carbonyl (C=O) groups is 2. The highest BCUT2D eigenvalue weighted by Crippen LogP contribution is 2.31. The van der Waals surface area contributed by atoms with Crippen molar-refractivity contribution in [2.75, 3.05) is 39.8 Å². The Kier molecular flexibility index (Phi) is 6.86. The lowest BCUT2D eigenvalue weighted by molar-refractivity contribution is -0.143. The fourth-order valence-electron chi connectivity index (χ4n) is 4.77. The van der Waals surface area contributed by atoms with E-state index in [-0.39, 0.29) is 24.0 Å². The van der Waals surface area contributed by atoms with E-state index in [2.05, 4.69) is 31.5 Å². The van der Waals surface area contributed by atoms with Crippen molar-refractivity contribution >= 4 is 33.4 Å². The summed E-state index contributed by atoms with van der Waals surface area (Å²) in [7, 11) is 1.60. The van der Waals surface area contributed by atoms with Crippen molar-refractivity contribution in [1.29, 1.82) is 0 Å². The van der Waals surface area contributed by atoms with Gasteiger partial charge in [-0.15, -0.1) is 11.3 Å². The van der Waals surface area contributed by atoms with Crippen LogP contribution in [-0.2, 0) is 14.3 Å². The number of amides is 2. The third kappa shape index (κ3) is 4.88. The molecule has 1 aromatic carbocycles. The molecule has 0 radical (unpaired) electrons. The molecular weight excluding hydrogens is 442 g/mol. The van der Waals surface area contributed by atoms with Gasteiger partial charge in [-0.1, -0.05) is 12.1 Å². The molecule has 2 amide bonds. The third-order valence-corrected chi connectivity index (χ3v) is 7.64. The van der Waals surface area contributed by atoms with Crippen molar-refractivity contribution in [3.05, 3.63) is 29.3 Å². The number of carbonyl (C=O) groups excluding carboxylic acids is 2. The van der Waals surface area contributed by atoms with Crippen LogP contribution >= 0.6 is 11.3 Å². The first kappa shape index (κ1) is 22.6. The number of morpholine rings is 1. The Labute approximate surface area is 196 Å². The maximum atomic E-state index is 13.5. The molecule has 1 aromatic heterocycles. The van der Waals surface area contributed by atoms with Gasteiger partial charge in [0.25, 0.3) is 0 Å². The van der Waals surface area contributed by atoms with Crippen LogP contribution in [0.1, 0.15) is 23.8 Å². The van der Waals surface area contributed by atoms with E-state index in [9.17, 15) is 9.59 Å². The normalized spacial score (nSPS) is 31.3. The molecule has 0 spiro atoms. The molecule has 3 aliphatic heterocycles. The van der Waals surface area contributed by atoms with E-state index in [1.54, 1.807) is 18.4 Å². The Hall–Kier alpha value is -2.15. The zero-order chi connectivity index (χ0) is 22.8. The summed E-state index contributed by atoms with van der Waals surface area (Å²) in [5.41, 5.74) is 0.909. The van der Waals surface area contributed by atoms with Gasteiger partial charge in [0, 0.05) is 32.7 Å². The van der Waals surface area contributed by atoms with E-state index in [4.69, 9.17) is 9.72 Å². The van der Waals surface area contributed by atoms with Crippen molar-refractivity contribution in [2.45, 2.75) is 43.4 Å². The molecular formula is C22H31N7O3S. The predicted molar refractivity (Wildman–Crippen MR) is 126 cm³/mol. The largest absolute Gasteiger partial charge is 0.366 e. The lowest BCUT2D eigenvalue weighted by atomic mass is 10.00. The molecule has 4 heterocycles. The van der Waals surface area contributed by atoms with E-state index in [1.165, 1.54) is 0 Å². The summed E-state index contributed by atoms with van der Waals surface area (Å²) in [5, 5.41) is 17.3. The summed E-state index contributed by atoms with van der Waals surface area (Å²) >= 11 is 1.56. The molecule has 0 aliphatic carbocycles. The second-order valence-electron chi connectivity index (χ2n) is 8.73. The van der Waals surface area contributed by atoms with Gasteiger partial charge >= 0.3 is 0 Å². The van der Waals surface area contributed by atoms with Gasteiger partial charge in [-0.2, -0.15) is 0 Å². The average molecular weight is 474 g/mol. The number of likely N-dealkylation sites (N-methyl/N-ethyl adjacent to an activating group) is 1. The number of hydrogen-bond acceptors (Lipinski definition) is 9. The number of fused-ring (bicyclic) bond motifs is 1. The van der Waals surface area contributed by atoms with Crippen LogP contribution in [0.2, 0.25) is 0 Å². The van der Waals surface area contributed by atoms with E-state index in [0.29, 0.717) is 19.7 Å². The van der Waals surface area contributed by atoms with Crippen LogP contribution in [0.15, 0.2) is 24.3 Å². The fraction of sp³-hybridized carbons (Fsp3) is 0.591. The summed E-state index contributed by atoms with van der Waals surface area (Å²) in [6.07, 6.45) is 0.922. The first-order chi connectivity index (χ1) is 16.1. The molecule has 178 valence electrons. The van der Waals surface area contributed by atoms with E-state index >= 15 is 0 Å². The van der Waals surface area contributed by atoms with E-state index in [1.807, 2.05) is 24.3 Å². The highest BCUT2D eigenvalue weighted by molar-refractivity contribution is 7.18. The number of piperidine rings is 1. The van der Waals surface area contributed by atoms with Crippen LogP contribution in [0.5, 0.6) is 0 Å². The molecule has 3 aliphatic rings. The van der Waals surface area contributed by atoms with Gasteiger partial charge in [-0.3, -0.25) is 25.1 Å². The van der Waals surface area contributed by atoms with Crippen LogP contribution in [0.3, 0.4) is 0 Å². The second-order valence-corrected chi connectivity index (χ2v) is 9.79. The molecule has 0 saturated carbocycles. The number of rotatable bonds is 5. The van der Waals surface area contributed by atoms with Gasteiger partial charge in [-0.05, 0) is 31.5 Å². The van der Waals surface area contributed by atoms with Crippen LogP contribution in [-0.4, -0.2) is 86.1 Å². The Balaban J connectivity index is 1.38. The Bertz CT molecular complexity index is 962. The van der Waals surface area contributed by atoms with Crippen LogP contribution < -0.4 is 26.6 Å². The molecule has 0 bridgehead atoms. The number of benzene rings is 1. The average Bonchev–Trinajstić information content (AvgIpc) is 3.27. The van der Waals surface area contributed by atoms with E-state index < -0.39 is 18.3 Å². The summed E-state index contributed by atoms with van der Waals surface area (Å²) < 4.78 is 6.70. The minimum absolute atomic E-state index is 0.0675. The maximum Gasteiger partial charge on any atom is 0.250 e. The van der Waals surface area contributed by atoms with Crippen molar-refractivity contribution in [3.63, 3.8) is 0 Å². The molecule has 5 N–H and O–H groups in total. The number of ether oxygens (including phenoxy) is 1. The summed E-state index contributed by atoms with van der Waals surface area (Å²) in [6.45, 7) is 3.34. The standard InChI is InChI=1S/C22H31N7O3S/c1-23-19(30)15-12-29(9-10-32-15)22-27-18(25-13-5-4-8-24-11-13)17(20(31)28-22)21-26-14-6-2-3-7-16(14)33-21/h2-3,6-7,13,15,17-18,22,24-25,27H,4-5,8-12H2,1H3,(H,23,30)(H,28,31)/t13-,15?,17?,18?,22?/m1/s1. The zero-order valence-corrected chi connectivity index (χ0v) is 19.5. The molecule has 11 heteroatoms. The zero-order valence-electron chi connectivity index (χ0n) is 18.7. The van der Waals surface area contributed by atoms with Crippen molar-refractivity contribution in [2.24, 2.45) is 0 Å². The van der Waals surface area contributed by atoms with Crippen molar-refractivity contribution in [3.8, 4) is 0 Å². The lowest BCUT2D eigenvalue weighted by Gasteiger charge is -2.45. The van der Waals surface area contributed by atoms with Crippen molar-refractivity contribution < 1.29 is 14.3 Å². The first-order valence-electron chi connectivity index (χ1n) is 11.6. The summed E-state index contributed by atoms with van der Waals surface area (Å²) in [6, 6.07) is 8.23. The molecule has 3 saturated heterocycles. The second kappa shape index (κ2) is 10.00. The molecule has 3 fully saturated rings. The predicted octanol–water partition coefficient (Wildman–Crippen LogP) is -0.503. The number of thiazole rings is 1. The molecule has 10 nitrogen and oxygen atoms in total.